The van der Waals surface area contributed by atoms with E-state index in [2.05, 4.69) is 13.2 Å². The van der Waals surface area contributed by atoms with E-state index >= 15 is 26.3 Å². The first kappa shape index (κ1) is 55.1. The number of hydrogen-bond donors (Lipinski definition) is 0. The molecule has 88 heavy (non-hydrogen) atoms. The number of benzene rings is 12. The van der Waals surface area contributed by atoms with Crippen molar-refractivity contribution in [1.29, 1.82) is 0 Å². The Kier molecular flexibility index (Phi) is 13.5. The van der Waals surface area contributed by atoms with Crippen LogP contribution in [0.5, 0.6) is 0 Å². The molecule has 2 aliphatic carbocycles. The lowest BCUT2D eigenvalue weighted by Gasteiger charge is -2.35. The van der Waals surface area contributed by atoms with Crippen molar-refractivity contribution in [3.63, 3.8) is 0 Å². The van der Waals surface area contributed by atoms with E-state index in [0.717, 1.165) is 68.8 Å². The van der Waals surface area contributed by atoms with Crippen molar-refractivity contribution in [2.75, 3.05) is 9.80 Å². The third kappa shape index (κ3) is 8.61. The van der Waals surface area contributed by atoms with Crippen LogP contribution < -0.4 is 9.80 Å². The van der Waals surface area contributed by atoms with Crippen LogP contribution in [0.3, 0.4) is 0 Å². The monoisotopic (exact) mass is 1160 g/mol. The lowest BCUT2D eigenvalue weighted by molar-refractivity contribution is 0.509. The summed E-state index contributed by atoms with van der Waals surface area (Å²) < 4.78 is 128. The molecule has 0 saturated heterocycles. The Bertz CT molecular complexity index is 4430. The summed E-state index contributed by atoms with van der Waals surface area (Å²) in [6.45, 7) is 7.83. The van der Waals surface area contributed by atoms with Gasteiger partial charge in [-0.3, -0.25) is 0 Å². The Morgan fingerprint density at radius 2 is 0.580 bits per heavy atom. The highest BCUT2D eigenvalue weighted by molar-refractivity contribution is 5.92. The Labute approximate surface area is 503 Å². The minimum absolute atomic E-state index is 0.171. The van der Waals surface area contributed by atoms with Gasteiger partial charge in [-0.05, 0) is 175 Å². The summed E-state index contributed by atoms with van der Waals surface area (Å²) in [4.78, 5) is 3.50. The van der Waals surface area contributed by atoms with Crippen LogP contribution in [0.15, 0.2) is 268 Å². The number of rotatable bonds is 13. The fraction of sp³-hybridized carbons (Fsp3) is 0.0256. The van der Waals surface area contributed by atoms with Gasteiger partial charge in [0.05, 0.1) is 10.8 Å². The van der Waals surface area contributed by atoms with Crippen molar-refractivity contribution in [1.82, 2.24) is 0 Å². The number of anilines is 6. The molecule has 12 aromatic rings. The van der Waals surface area contributed by atoms with Crippen LogP contribution in [0.25, 0.3) is 45.5 Å². The number of fused-ring (bicyclic) bond motifs is 6. The molecule has 2 aliphatic rings. The Hall–Kier alpha value is -10.8. The van der Waals surface area contributed by atoms with Crippen molar-refractivity contribution < 1.29 is 35.1 Å². The fourth-order valence-electron chi connectivity index (χ4n) is 13.5. The molecular weight excluding hydrogens is 1120 g/mol. The van der Waals surface area contributed by atoms with Crippen LogP contribution in [-0.4, -0.2) is 0 Å². The highest BCUT2D eigenvalue weighted by Crippen LogP contribution is 2.60. The molecule has 10 heteroatoms. The molecule has 0 heterocycles. The first-order valence-electron chi connectivity index (χ1n) is 28.4. The summed E-state index contributed by atoms with van der Waals surface area (Å²) in [6, 6.07) is 70.6. The maximum atomic E-state index is 16.7. The van der Waals surface area contributed by atoms with E-state index in [1.807, 2.05) is 182 Å². The van der Waals surface area contributed by atoms with Crippen LogP contribution in [0.2, 0.25) is 0 Å². The first-order valence-corrected chi connectivity index (χ1v) is 28.4. The van der Waals surface area contributed by atoms with Crippen LogP contribution in [0, 0.1) is 46.5 Å². The topological polar surface area (TPSA) is 6.48 Å². The summed E-state index contributed by atoms with van der Waals surface area (Å²) in [5, 5.41) is 0. The van der Waals surface area contributed by atoms with Crippen molar-refractivity contribution in [3.8, 4) is 33.4 Å². The second-order valence-electron chi connectivity index (χ2n) is 21.9. The van der Waals surface area contributed by atoms with Gasteiger partial charge in [-0.25, -0.2) is 35.1 Å². The average Bonchev–Trinajstić information content (AvgIpc) is 1.57. The Balaban J connectivity index is 0.883. The van der Waals surface area contributed by atoms with Gasteiger partial charge in [0.15, 0.2) is 23.3 Å². The van der Waals surface area contributed by atoms with Crippen LogP contribution >= 0.6 is 0 Å². The predicted octanol–water partition coefficient (Wildman–Crippen LogP) is 21.4. The van der Waals surface area contributed by atoms with Gasteiger partial charge in [0.2, 0.25) is 0 Å². The van der Waals surface area contributed by atoms with Gasteiger partial charge >= 0.3 is 0 Å². The molecular formula is C78H48F8N2. The standard InChI is InChI=1S/C78H48F8N2/c1-3-47-19-27-51(28-20-47)77(75-69(81)15-9-16-70(75)82)63-13-7-5-11-59(63)61-39-35-55(43-65(61)77)87(57-37-41-67(79)73(85)45-57)53-31-23-49(24-32-53)50-25-33-54(34-26-50)88(58-38-42-68(80)74(86)46-58)56-36-40-62-60-12-6-8-14-64(60)78(66(62)44-56,52-29-21-48(4-2)22-30-52)76-71(83)17-10-18-72(76)84/h3-46H,1-2H2. The van der Waals surface area contributed by atoms with Gasteiger partial charge < -0.3 is 9.80 Å². The van der Waals surface area contributed by atoms with Gasteiger partial charge in [-0.15, -0.1) is 0 Å². The van der Waals surface area contributed by atoms with E-state index in [4.69, 9.17) is 0 Å². The van der Waals surface area contributed by atoms with Crippen molar-refractivity contribution in [3.05, 3.63) is 370 Å². The molecule has 0 aliphatic heterocycles. The Morgan fingerprint density at radius 3 is 0.932 bits per heavy atom. The number of halogens is 8. The van der Waals surface area contributed by atoms with E-state index in [-0.39, 0.29) is 22.5 Å². The van der Waals surface area contributed by atoms with Gasteiger partial charge in [0.1, 0.15) is 23.3 Å². The minimum atomic E-state index is -1.52. The molecule has 0 aromatic heterocycles. The first-order chi connectivity index (χ1) is 42.8. The molecule has 0 bridgehead atoms. The third-order valence-electron chi connectivity index (χ3n) is 17.3. The Morgan fingerprint density at radius 1 is 0.261 bits per heavy atom. The maximum Gasteiger partial charge on any atom is 0.160 e. The normalized spacial score (nSPS) is 15.2. The van der Waals surface area contributed by atoms with Gasteiger partial charge in [-0.1, -0.05) is 171 Å². The summed E-state index contributed by atoms with van der Waals surface area (Å²) >= 11 is 0. The van der Waals surface area contributed by atoms with E-state index in [1.165, 1.54) is 48.5 Å². The number of hydrogen-bond acceptors (Lipinski definition) is 2. The molecule has 426 valence electrons. The SMILES string of the molecule is C=Cc1ccc(C2(c3c(F)cccc3F)c3ccccc3-c3ccc(N(c4ccc(-c5ccc(N(c6ccc(F)c(F)c6)c6ccc7c(c6)C(c6ccc(C=C)cc6)(c6c(F)cccc6F)c6ccccc6-7)cc5)cc4)c4ccc(F)c(F)c4)cc32)cc1. The second kappa shape index (κ2) is 21.6. The van der Waals surface area contributed by atoms with E-state index in [0.29, 0.717) is 56.1 Å². The summed E-state index contributed by atoms with van der Waals surface area (Å²) in [6.07, 6.45) is 3.38. The molecule has 0 radical (unpaired) electrons. The van der Waals surface area contributed by atoms with Gasteiger partial charge in [-0.2, -0.15) is 0 Å². The van der Waals surface area contributed by atoms with Crippen molar-refractivity contribution in [2.24, 2.45) is 0 Å². The van der Waals surface area contributed by atoms with Crippen LogP contribution in [-0.2, 0) is 10.8 Å². The quantitative estimate of drug-likeness (QED) is 0.106. The molecule has 0 spiro atoms. The lowest BCUT2D eigenvalue weighted by atomic mass is 9.67. The lowest BCUT2D eigenvalue weighted by Crippen LogP contribution is -2.31. The van der Waals surface area contributed by atoms with Crippen molar-refractivity contribution >= 4 is 46.3 Å². The van der Waals surface area contributed by atoms with E-state index < -0.39 is 57.4 Å². The highest BCUT2D eigenvalue weighted by Gasteiger charge is 2.51. The van der Waals surface area contributed by atoms with Crippen molar-refractivity contribution in [2.45, 2.75) is 10.8 Å². The van der Waals surface area contributed by atoms with E-state index in [1.54, 1.807) is 22.0 Å². The third-order valence-corrected chi connectivity index (χ3v) is 17.3. The van der Waals surface area contributed by atoms with Gasteiger partial charge in [0, 0.05) is 57.4 Å². The molecule has 2 unspecified atom stereocenters. The zero-order chi connectivity index (χ0) is 60.6. The number of nitrogens with zero attached hydrogens (tertiary/aromatic N) is 2. The zero-order valence-corrected chi connectivity index (χ0v) is 46.7. The van der Waals surface area contributed by atoms with Crippen LogP contribution in [0.1, 0.15) is 55.6 Å². The largest absolute Gasteiger partial charge is 0.310 e. The maximum absolute atomic E-state index is 16.7. The predicted molar refractivity (Wildman–Crippen MR) is 336 cm³/mol. The average molecular weight is 1170 g/mol. The van der Waals surface area contributed by atoms with Crippen LogP contribution in [0.4, 0.5) is 69.2 Å². The molecule has 14 rings (SSSR count). The summed E-state index contributed by atoms with van der Waals surface area (Å²) in [7, 11) is 0. The van der Waals surface area contributed by atoms with E-state index in [9.17, 15) is 8.78 Å². The molecule has 0 saturated carbocycles. The fourth-order valence-corrected chi connectivity index (χ4v) is 13.5. The molecule has 2 atom stereocenters. The minimum Gasteiger partial charge on any atom is -0.310 e. The second-order valence-corrected chi connectivity index (χ2v) is 21.9. The molecule has 12 aromatic carbocycles. The molecule has 0 N–H and O–H groups in total. The molecule has 2 nitrogen and oxygen atoms in total. The molecule has 0 amide bonds. The summed E-state index contributed by atoms with van der Waals surface area (Å²) in [5.41, 5.74) is 8.87. The summed E-state index contributed by atoms with van der Waals surface area (Å²) in [5.74, 6) is -7.26. The highest BCUT2D eigenvalue weighted by atomic mass is 19.2. The zero-order valence-electron chi connectivity index (χ0n) is 46.7. The molecule has 0 fully saturated rings. The smallest absolute Gasteiger partial charge is 0.160 e. The van der Waals surface area contributed by atoms with Gasteiger partial charge in [0.25, 0.3) is 0 Å².